The van der Waals surface area contributed by atoms with E-state index in [-0.39, 0.29) is 49.6 Å². The van der Waals surface area contributed by atoms with Crippen LogP contribution in [0.2, 0.25) is 0 Å². The van der Waals surface area contributed by atoms with Gasteiger partial charge in [-0.1, -0.05) is 259 Å². The Kier molecular flexibility index (Phi) is 79.9. The first-order valence-corrected chi connectivity index (χ1v) is 42.3. The third-order valence-electron chi connectivity index (χ3n) is 18.9. The molecule has 98 heavy (non-hydrogen) atoms. The highest BCUT2D eigenvalue weighted by Crippen LogP contribution is 2.15. The lowest BCUT2D eigenvalue weighted by Gasteiger charge is -2.25. The van der Waals surface area contributed by atoms with E-state index < -0.39 is 0 Å². The predicted molar refractivity (Wildman–Crippen MR) is 410 cm³/mol. The van der Waals surface area contributed by atoms with E-state index in [0.29, 0.717) is 52.6 Å². The molecular formula is C83H163N3O12. The highest BCUT2D eigenvalue weighted by molar-refractivity contribution is 5.71. The van der Waals surface area contributed by atoms with Crippen molar-refractivity contribution < 1.29 is 57.1 Å². The van der Waals surface area contributed by atoms with Gasteiger partial charge in [0.05, 0.1) is 52.1 Å². The van der Waals surface area contributed by atoms with Gasteiger partial charge in [-0.05, 0) is 123 Å². The Morgan fingerprint density at radius 2 is 0.357 bits per heavy atom. The Morgan fingerprint density at radius 3 is 0.541 bits per heavy atom. The summed E-state index contributed by atoms with van der Waals surface area (Å²) >= 11 is 0. The van der Waals surface area contributed by atoms with Crippen molar-refractivity contribution in [2.75, 3.05) is 139 Å². The van der Waals surface area contributed by atoms with Gasteiger partial charge in [0, 0.05) is 79.0 Å². The second-order valence-electron chi connectivity index (χ2n) is 28.6. The second-order valence-corrected chi connectivity index (χ2v) is 28.6. The molecule has 0 aliphatic rings. The molecule has 0 spiro atoms. The van der Waals surface area contributed by atoms with Gasteiger partial charge in [0.25, 0.3) is 0 Å². The van der Waals surface area contributed by atoms with E-state index in [0.717, 1.165) is 195 Å². The van der Waals surface area contributed by atoms with Gasteiger partial charge in [-0.2, -0.15) is 0 Å². The van der Waals surface area contributed by atoms with Crippen molar-refractivity contribution in [2.24, 2.45) is 0 Å². The minimum absolute atomic E-state index is 0.183. The van der Waals surface area contributed by atoms with Crippen LogP contribution in [0.15, 0.2) is 0 Å². The molecule has 0 atom stereocenters. The molecule has 0 rings (SSSR count). The summed E-state index contributed by atoms with van der Waals surface area (Å²) in [6, 6.07) is 0. The largest absolute Gasteiger partial charge is 0.466 e. The molecule has 0 N–H and O–H groups in total. The summed E-state index contributed by atoms with van der Waals surface area (Å²) in [5, 5.41) is 0. The summed E-state index contributed by atoms with van der Waals surface area (Å²) in [6.07, 6.45) is 60.1. The van der Waals surface area contributed by atoms with Gasteiger partial charge >= 0.3 is 23.9 Å². The van der Waals surface area contributed by atoms with Gasteiger partial charge in [0.1, 0.15) is 0 Å². The summed E-state index contributed by atoms with van der Waals surface area (Å²) in [7, 11) is 2.13. The smallest absolute Gasteiger partial charge is 0.307 e. The molecule has 0 fully saturated rings. The van der Waals surface area contributed by atoms with Crippen LogP contribution in [-0.2, 0) is 57.1 Å². The molecule has 0 aromatic heterocycles. The minimum atomic E-state index is -0.183. The molecule has 0 saturated heterocycles. The van der Waals surface area contributed by atoms with E-state index in [1.165, 1.54) is 205 Å². The molecule has 0 aliphatic heterocycles. The predicted octanol–water partition coefficient (Wildman–Crippen LogP) is 20.9. The summed E-state index contributed by atoms with van der Waals surface area (Å²) in [5.74, 6) is -0.731. The van der Waals surface area contributed by atoms with Gasteiger partial charge in [-0.25, -0.2) is 0 Å². The number of rotatable bonds is 84. The maximum Gasteiger partial charge on any atom is 0.307 e. The van der Waals surface area contributed by atoms with Crippen LogP contribution in [0.3, 0.4) is 0 Å². The number of ether oxygens (including phenoxy) is 8. The zero-order chi connectivity index (χ0) is 71.0. The number of unbranched alkanes of at least 4 members (excludes halogenated alkanes) is 40. The topological polar surface area (TPSA) is 152 Å². The second kappa shape index (κ2) is 81.9. The highest BCUT2D eigenvalue weighted by Gasteiger charge is 2.16. The van der Waals surface area contributed by atoms with Crippen LogP contribution < -0.4 is 0 Å². The molecule has 582 valence electrons. The van der Waals surface area contributed by atoms with Crippen molar-refractivity contribution in [3.8, 4) is 0 Å². The van der Waals surface area contributed by atoms with Crippen LogP contribution in [0.25, 0.3) is 0 Å². The summed E-state index contributed by atoms with van der Waals surface area (Å²) < 4.78 is 46.2. The molecule has 0 aromatic rings. The van der Waals surface area contributed by atoms with Gasteiger partial charge in [0.2, 0.25) is 0 Å². The first-order chi connectivity index (χ1) is 48.2. The molecule has 15 heteroatoms. The quantitative estimate of drug-likeness (QED) is 0.0322. The lowest BCUT2D eigenvalue weighted by Crippen LogP contribution is -2.34. The Hall–Kier alpha value is -2.40. The van der Waals surface area contributed by atoms with Gasteiger partial charge in [-0.15, -0.1) is 0 Å². The average Bonchev–Trinajstić information content (AvgIpc) is 3.25. The average molecular weight is 1400 g/mol. The van der Waals surface area contributed by atoms with Crippen molar-refractivity contribution in [3.63, 3.8) is 0 Å². The monoisotopic (exact) mass is 1390 g/mol. The normalized spacial score (nSPS) is 11.7. The Balaban J connectivity index is 5.10. The Morgan fingerprint density at radius 1 is 0.194 bits per heavy atom. The summed E-state index contributed by atoms with van der Waals surface area (Å²) in [6.45, 7) is 23.1. The summed E-state index contributed by atoms with van der Waals surface area (Å²) in [4.78, 5) is 58.8. The van der Waals surface area contributed by atoms with Crippen LogP contribution in [0.5, 0.6) is 0 Å². The first-order valence-electron chi connectivity index (χ1n) is 42.3. The van der Waals surface area contributed by atoms with E-state index in [4.69, 9.17) is 37.9 Å². The third-order valence-corrected chi connectivity index (χ3v) is 18.9. The number of carbonyl (C=O) groups excluding carboxylic acids is 4. The lowest BCUT2D eigenvalue weighted by atomic mass is 10.1. The molecule has 0 radical (unpaired) electrons. The van der Waals surface area contributed by atoms with Crippen molar-refractivity contribution in [3.05, 3.63) is 0 Å². The molecule has 0 aromatic carbocycles. The van der Waals surface area contributed by atoms with E-state index in [1.54, 1.807) is 0 Å². The van der Waals surface area contributed by atoms with E-state index in [1.807, 2.05) is 0 Å². The van der Waals surface area contributed by atoms with Crippen LogP contribution >= 0.6 is 0 Å². The van der Waals surface area contributed by atoms with Crippen molar-refractivity contribution in [2.45, 2.75) is 374 Å². The number of hydrogen-bond acceptors (Lipinski definition) is 15. The molecule has 0 amide bonds. The Labute approximate surface area is 605 Å². The number of esters is 4. The van der Waals surface area contributed by atoms with E-state index in [9.17, 15) is 19.2 Å². The molecule has 0 heterocycles. The molecule has 0 aliphatic carbocycles. The fraction of sp³-hybridized carbons (Fsp3) is 0.952. The van der Waals surface area contributed by atoms with Crippen molar-refractivity contribution >= 4 is 23.9 Å². The first kappa shape index (κ1) is 95.6. The minimum Gasteiger partial charge on any atom is -0.466 e. The van der Waals surface area contributed by atoms with Crippen LogP contribution in [0.4, 0.5) is 0 Å². The molecular weight excluding hydrogens is 1230 g/mol. The van der Waals surface area contributed by atoms with Gasteiger partial charge in [-0.3, -0.25) is 19.2 Å². The van der Waals surface area contributed by atoms with E-state index >= 15 is 0 Å². The fourth-order valence-electron chi connectivity index (χ4n) is 12.3. The third kappa shape index (κ3) is 77.8. The fourth-order valence-corrected chi connectivity index (χ4v) is 12.3. The molecule has 15 nitrogen and oxygen atoms in total. The van der Waals surface area contributed by atoms with Crippen molar-refractivity contribution in [1.29, 1.82) is 0 Å². The van der Waals surface area contributed by atoms with Crippen LogP contribution in [0.1, 0.15) is 374 Å². The number of hydrogen-bond donors (Lipinski definition) is 0. The molecule has 0 unspecified atom stereocenters. The maximum atomic E-state index is 13.0. The van der Waals surface area contributed by atoms with Crippen molar-refractivity contribution in [1.82, 2.24) is 14.7 Å². The Bertz CT molecular complexity index is 1410. The van der Waals surface area contributed by atoms with Gasteiger partial charge < -0.3 is 52.6 Å². The van der Waals surface area contributed by atoms with Crippen LogP contribution in [-0.4, -0.2) is 177 Å². The zero-order valence-corrected chi connectivity index (χ0v) is 65.6. The van der Waals surface area contributed by atoms with Gasteiger partial charge in [0.15, 0.2) is 0 Å². The van der Waals surface area contributed by atoms with Crippen LogP contribution in [0, 0.1) is 0 Å². The standard InChI is InChI=1S/C83H163N3O12/c1-6-10-14-18-30-42-68-91-72-46-34-22-26-38-50-76-95-80(87)56-64-85(65-57-81(88)96-77-51-39-27-23-35-47-73-92-69-43-31-19-15-11-7-2)62-54-60-84(5)61-55-63-86(66-58-82(89)97-78-52-40-28-24-36-48-74-93-70-44-32-20-16-12-8-3)67-59-83(90)98-79-53-41-29-25-37-49-75-94-71-45-33-21-17-13-9-4/h6-79H2,1-5H3. The SMILES string of the molecule is CCCCCCCCOCCCCCCCCOC(=O)CCN(CCCN(C)CCCN(CCC(=O)OCCCCCCCCOCCCCCCCC)CCC(=O)OCCCCCCCCOCCCCCCCC)CCC(=O)OCCCCCCCCOCCCCCCCC. The maximum absolute atomic E-state index is 13.0. The molecule has 0 saturated carbocycles. The number of carbonyl (C=O) groups is 4. The highest BCUT2D eigenvalue weighted by atomic mass is 16.5. The zero-order valence-electron chi connectivity index (χ0n) is 65.6. The van der Waals surface area contributed by atoms with E-state index in [2.05, 4.69) is 49.4 Å². The number of nitrogens with zero attached hydrogens (tertiary/aromatic N) is 3. The lowest BCUT2D eigenvalue weighted by molar-refractivity contribution is -0.146. The molecule has 0 bridgehead atoms. The summed E-state index contributed by atoms with van der Waals surface area (Å²) in [5.41, 5.74) is 0.